The largest absolute Gasteiger partial charge is 0.378 e. The lowest BCUT2D eigenvalue weighted by Crippen LogP contribution is -2.42. The van der Waals surface area contributed by atoms with E-state index in [0.29, 0.717) is 32.0 Å². The maximum atomic E-state index is 12.1. The van der Waals surface area contributed by atoms with Crippen molar-refractivity contribution >= 4 is 17.5 Å². The van der Waals surface area contributed by atoms with E-state index in [-0.39, 0.29) is 30.8 Å². The van der Waals surface area contributed by atoms with E-state index >= 15 is 0 Å². The third-order valence-electron chi connectivity index (χ3n) is 3.36. The van der Waals surface area contributed by atoms with Gasteiger partial charge in [0.1, 0.15) is 6.54 Å². The number of nitrogens with two attached hydrogens (primary N) is 1. The molecule has 2 amide bonds. The zero-order chi connectivity index (χ0) is 15.2. The highest BCUT2D eigenvalue weighted by molar-refractivity contribution is 5.92. The molecule has 0 aliphatic carbocycles. The van der Waals surface area contributed by atoms with Gasteiger partial charge in [-0.1, -0.05) is 6.92 Å². The Kier molecular flexibility index (Phi) is 5.29. The number of amides is 2. The van der Waals surface area contributed by atoms with Crippen molar-refractivity contribution in [2.75, 3.05) is 38.2 Å². The molecule has 0 aromatic carbocycles. The van der Waals surface area contributed by atoms with Crippen molar-refractivity contribution in [3.8, 4) is 0 Å². The molecule has 1 aromatic rings. The predicted molar refractivity (Wildman–Crippen MR) is 76.5 cm³/mol. The van der Waals surface area contributed by atoms with E-state index in [9.17, 15) is 9.59 Å². The average molecular weight is 295 g/mol. The van der Waals surface area contributed by atoms with Gasteiger partial charge < -0.3 is 20.7 Å². The summed E-state index contributed by atoms with van der Waals surface area (Å²) in [6.07, 6.45) is 3.16. The number of rotatable bonds is 5. The van der Waals surface area contributed by atoms with Crippen molar-refractivity contribution in [1.29, 1.82) is 0 Å². The molecule has 0 saturated carbocycles. The molecule has 1 aromatic heterocycles. The molecule has 0 spiro atoms. The molecule has 1 atom stereocenters. The maximum absolute atomic E-state index is 12.1. The van der Waals surface area contributed by atoms with E-state index in [1.165, 1.54) is 10.9 Å². The predicted octanol–water partition coefficient (Wildman–Crippen LogP) is -0.725. The van der Waals surface area contributed by atoms with Crippen molar-refractivity contribution in [1.82, 2.24) is 14.7 Å². The molecular weight excluding hydrogens is 274 g/mol. The van der Waals surface area contributed by atoms with E-state index in [1.54, 1.807) is 18.0 Å². The van der Waals surface area contributed by atoms with Gasteiger partial charge in [-0.3, -0.25) is 14.3 Å². The maximum Gasteiger partial charge on any atom is 0.244 e. The second-order valence-electron chi connectivity index (χ2n) is 5.05. The molecule has 1 aliphatic heterocycles. The Morgan fingerprint density at radius 2 is 2.19 bits per heavy atom. The van der Waals surface area contributed by atoms with Crippen LogP contribution in [0.4, 0.5) is 5.69 Å². The second kappa shape index (κ2) is 7.19. The summed E-state index contributed by atoms with van der Waals surface area (Å²) >= 11 is 0. The molecule has 0 bridgehead atoms. The van der Waals surface area contributed by atoms with Crippen molar-refractivity contribution in [3.05, 3.63) is 12.4 Å². The van der Waals surface area contributed by atoms with Crippen LogP contribution in [-0.4, -0.2) is 59.3 Å². The minimum Gasteiger partial charge on any atom is -0.378 e. The van der Waals surface area contributed by atoms with Crippen molar-refractivity contribution < 1.29 is 14.3 Å². The van der Waals surface area contributed by atoms with Gasteiger partial charge >= 0.3 is 0 Å². The van der Waals surface area contributed by atoms with E-state index in [0.717, 1.165) is 0 Å². The molecule has 3 N–H and O–H groups in total. The number of carbonyl (C=O) groups is 2. The van der Waals surface area contributed by atoms with E-state index in [2.05, 4.69) is 10.4 Å². The Labute approximate surface area is 123 Å². The standard InChI is InChI=1S/C13H21N5O3/c1-10(6-14)13(20)16-11-7-15-18(8-11)9-12(19)17-2-4-21-5-3-17/h7-8,10H,2-6,9,14H2,1H3,(H,16,20). The van der Waals surface area contributed by atoms with E-state index < -0.39 is 0 Å². The molecule has 8 heteroatoms. The number of anilines is 1. The highest BCUT2D eigenvalue weighted by atomic mass is 16.5. The normalized spacial score (nSPS) is 16.6. The Bertz CT molecular complexity index is 496. The summed E-state index contributed by atoms with van der Waals surface area (Å²) in [5.41, 5.74) is 6.00. The summed E-state index contributed by atoms with van der Waals surface area (Å²) < 4.78 is 6.72. The lowest BCUT2D eigenvalue weighted by Gasteiger charge is -2.26. The van der Waals surface area contributed by atoms with Crippen LogP contribution in [0.2, 0.25) is 0 Å². The number of aromatic nitrogens is 2. The number of hydrogen-bond acceptors (Lipinski definition) is 5. The second-order valence-corrected chi connectivity index (χ2v) is 5.05. The first-order valence-corrected chi connectivity index (χ1v) is 6.99. The van der Waals surface area contributed by atoms with Gasteiger partial charge in [0.05, 0.1) is 25.1 Å². The number of hydrogen-bond donors (Lipinski definition) is 2. The van der Waals surface area contributed by atoms with Crippen LogP contribution in [-0.2, 0) is 20.9 Å². The van der Waals surface area contributed by atoms with Crippen LogP contribution in [0.15, 0.2) is 12.4 Å². The minimum atomic E-state index is -0.261. The summed E-state index contributed by atoms with van der Waals surface area (Å²) in [7, 11) is 0. The average Bonchev–Trinajstić information content (AvgIpc) is 2.94. The fourth-order valence-electron chi connectivity index (χ4n) is 1.94. The molecule has 1 fully saturated rings. The van der Waals surface area contributed by atoms with Gasteiger partial charge in [0.25, 0.3) is 0 Å². The Hall–Kier alpha value is -1.93. The summed E-state index contributed by atoms with van der Waals surface area (Å²) in [6.45, 7) is 4.56. The SMILES string of the molecule is CC(CN)C(=O)Nc1cnn(CC(=O)N2CCOCC2)c1. The topological polar surface area (TPSA) is 102 Å². The fraction of sp³-hybridized carbons (Fsp3) is 0.615. The van der Waals surface area contributed by atoms with Crippen molar-refractivity contribution in [3.63, 3.8) is 0 Å². The van der Waals surface area contributed by atoms with Crippen LogP contribution in [0, 0.1) is 5.92 Å². The number of nitrogens with one attached hydrogen (secondary N) is 1. The Morgan fingerprint density at radius 3 is 2.86 bits per heavy atom. The minimum absolute atomic E-state index is 0.00500. The molecule has 0 radical (unpaired) electrons. The summed E-state index contributed by atoms with van der Waals surface area (Å²) in [5.74, 6) is -0.422. The van der Waals surface area contributed by atoms with Gasteiger partial charge in [0, 0.05) is 31.7 Å². The summed E-state index contributed by atoms with van der Waals surface area (Å²) in [6, 6.07) is 0. The third-order valence-corrected chi connectivity index (χ3v) is 3.36. The van der Waals surface area contributed by atoms with E-state index in [1.807, 2.05) is 0 Å². The quantitative estimate of drug-likeness (QED) is 0.746. The van der Waals surface area contributed by atoms with Crippen molar-refractivity contribution in [2.24, 2.45) is 11.7 Å². The van der Waals surface area contributed by atoms with Crippen molar-refractivity contribution in [2.45, 2.75) is 13.5 Å². The van der Waals surface area contributed by atoms with Crippen LogP contribution in [0.5, 0.6) is 0 Å². The summed E-state index contributed by atoms with van der Waals surface area (Å²) in [5, 5.41) is 6.80. The first-order valence-electron chi connectivity index (χ1n) is 6.99. The lowest BCUT2D eigenvalue weighted by atomic mass is 10.2. The first-order chi connectivity index (χ1) is 10.1. The molecule has 1 unspecified atom stereocenters. The van der Waals surface area contributed by atoms with Gasteiger partial charge in [-0.25, -0.2) is 0 Å². The van der Waals surface area contributed by atoms with Gasteiger partial charge in [-0.15, -0.1) is 0 Å². The monoisotopic (exact) mass is 295 g/mol. The zero-order valence-corrected chi connectivity index (χ0v) is 12.1. The highest BCUT2D eigenvalue weighted by Crippen LogP contribution is 2.08. The zero-order valence-electron chi connectivity index (χ0n) is 12.1. The molecule has 2 heterocycles. The number of carbonyl (C=O) groups excluding carboxylic acids is 2. The molecule has 1 aliphatic rings. The number of ether oxygens (including phenoxy) is 1. The van der Waals surface area contributed by atoms with Crippen LogP contribution in [0.3, 0.4) is 0 Å². The lowest BCUT2D eigenvalue weighted by molar-refractivity contribution is -0.136. The van der Waals surface area contributed by atoms with Crippen LogP contribution < -0.4 is 11.1 Å². The number of morpholine rings is 1. The molecule has 2 rings (SSSR count). The molecular formula is C13H21N5O3. The molecule has 8 nitrogen and oxygen atoms in total. The third kappa shape index (κ3) is 4.27. The van der Waals surface area contributed by atoms with Gasteiger partial charge in [-0.05, 0) is 0 Å². The fourth-order valence-corrected chi connectivity index (χ4v) is 1.94. The van der Waals surface area contributed by atoms with Gasteiger partial charge in [0.15, 0.2) is 0 Å². The van der Waals surface area contributed by atoms with Crippen LogP contribution >= 0.6 is 0 Å². The molecule has 21 heavy (non-hydrogen) atoms. The smallest absolute Gasteiger partial charge is 0.244 e. The Morgan fingerprint density at radius 1 is 1.48 bits per heavy atom. The molecule has 1 saturated heterocycles. The number of nitrogens with zero attached hydrogens (tertiary/aromatic N) is 3. The van der Waals surface area contributed by atoms with Crippen LogP contribution in [0.25, 0.3) is 0 Å². The van der Waals surface area contributed by atoms with Crippen LogP contribution in [0.1, 0.15) is 6.92 Å². The molecule has 116 valence electrons. The Balaban J connectivity index is 1.87. The highest BCUT2D eigenvalue weighted by Gasteiger charge is 2.18. The van der Waals surface area contributed by atoms with Gasteiger partial charge in [0.2, 0.25) is 11.8 Å². The first kappa shape index (κ1) is 15.5. The van der Waals surface area contributed by atoms with Gasteiger partial charge in [-0.2, -0.15) is 5.10 Å². The van der Waals surface area contributed by atoms with E-state index in [4.69, 9.17) is 10.5 Å². The summed E-state index contributed by atoms with van der Waals surface area (Å²) in [4.78, 5) is 25.5.